The zero-order valence-electron chi connectivity index (χ0n) is 15.0. The number of fused-ring (bicyclic) bond motifs is 3. The van der Waals surface area contributed by atoms with Crippen LogP contribution in [0, 0.1) is 6.92 Å². The van der Waals surface area contributed by atoms with Crippen LogP contribution in [0.3, 0.4) is 0 Å². The normalized spacial score (nSPS) is 19.6. The third kappa shape index (κ3) is 2.28. The summed E-state index contributed by atoms with van der Waals surface area (Å²) in [4.78, 5) is 16.5. The van der Waals surface area contributed by atoms with Crippen molar-refractivity contribution in [1.82, 2.24) is 29.7 Å². The third-order valence-electron chi connectivity index (χ3n) is 5.45. The Balaban J connectivity index is 1.73. The summed E-state index contributed by atoms with van der Waals surface area (Å²) < 4.78 is 2.13. The van der Waals surface area contributed by atoms with Crippen LogP contribution in [0.4, 0.5) is 5.82 Å². The van der Waals surface area contributed by atoms with Crippen LogP contribution in [-0.4, -0.2) is 35.8 Å². The van der Waals surface area contributed by atoms with Crippen molar-refractivity contribution in [2.45, 2.75) is 58.0 Å². The first-order valence-electron chi connectivity index (χ1n) is 9.25. The highest BCUT2D eigenvalue weighted by Gasteiger charge is 2.39. The second-order valence-electron chi connectivity index (χ2n) is 6.95. The van der Waals surface area contributed by atoms with Crippen molar-refractivity contribution in [3.8, 4) is 16.5 Å². The second-order valence-corrected chi connectivity index (χ2v) is 7.84. The molecule has 2 aliphatic rings. The standard InChI is InChI=1S/C18H21N7S/c1-3-13-17-23-22-11(2)24(17)14-10-20-15(18-19-8-9-26-18)21-16(14)25(13)12-6-4-5-7-12/h8-10,12-13H,3-7H2,1-2H3. The first-order valence-corrected chi connectivity index (χ1v) is 10.1. The molecule has 1 atom stereocenters. The molecule has 0 aromatic carbocycles. The number of anilines is 1. The molecule has 8 heteroatoms. The Morgan fingerprint density at radius 2 is 2.04 bits per heavy atom. The van der Waals surface area contributed by atoms with Crippen LogP contribution in [0.25, 0.3) is 16.5 Å². The second kappa shape index (κ2) is 6.12. The van der Waals surface area contributed by atoms with Crippen LogP contribution in [0.5, 0.6) is 0 Å². The first kappa shape index (κ1) is 15.9. The Morgan fingerprint density at radius 3 is 2.77 bits per heavy atom. The lowest BCUT2D eigenvalue weighted by Gasteiger charge is -2.41. The molecule has 3 aromatic heterocycles. The largest absolute Gasteiger partial charge is 0.341 e. The quantitative estimate of drug-likeness (QED) is 0.703. The summed E-state index contributed by atoms with van der Waals surface area (Å²) in [5.74, 6) is 3.59. The van der Waals surface area contributed by atoms with Gasteiger partial charge in [0.1, 0.15) is 11.5 Å². The van der Waals surface area contributed by atoms with E-state index < -0.39 is 0 Å². The number of aromatic nitrogens is 6. The Bertz CT molecular complexity index is 927. The van der Waals surface area contributed by atoms with Gasteiger partial charge in [0.15, 0.2) is 22.5 Å². The number of hydrogen-bond acceptors (Lipinski definition) is 7. The molecule has 0 spiro atoms. The predicted molar refractivity (Wildman–Crippen MR) is 101 cm³/mol. The zero-order valence-corrected chi connectivity index (χ0v) is 15.8. The molecule has 1 saturated carbocycles. The fourth-order valence-electron chi connectivity index (χ4n) is 4.30. The van der Waals surface area contributed by atoms with Gasteiger partial charge in [0.2, 0.25) is 0 Å². The Hall–Kier alpha value is -2.35. The molecular formula is C18H21N7S. The summed E-state index contributed by atoms with van der Waals surface area (Å²) >= 11 is 1.57. The molecule has 0 N–H and O–H groups in total. The highest BCUT2D eigenvalue weighted by atomic mass is 32.1. The summed E-state index contributed by atoms with van der Waals surface area (Å²) in [6.07, 6.45) is 9.66. The van der Waals surface area contributed by atoms with Crippen LogP contribution >= 0.6 is 11.3 Å². The zero-order chi connectivity index (χ0) is 17.7. The van der Waals surface area contributed by atoms with E-state index in [1.165, 1.54) is 25.7 Å². The first-order chi connectivity index (χ1) is 12.8. The van der Waals surface area contributed by atoms with E-state index in [0.717, 1.165) is 34.6 Å². The van der Waals surface area contributed by atoms with Gasteiger partial charge in [-0.05, 0) is 26.2 Å². The smallest absolute Gasteiger partial charge is 0.190 e. The van der Waals surface area contributed by atoms with Gasteiger partial charge in [-0.15, -0.1) is 21.5 Å². The Morgan fingerprint density at radius 1 is 1.19 bits per heavy atom. The van der Waals surface area contributed by atoms with E-state index in [0.29, 0.717) is 11.9 Å². The van der Waals surface area contributed by atoms with Gasteiger partial charge in [-0.2, -0.15) is 0 Å². The van der Waals surface area contributed by atoms with E-state index in [9.17, 15) is 0 Å². The Labute approximate surface area is 156 Å². The van der Waals surface area contributed by atoms with Gasteiger partial charge < -0.3 is 4.90 Å². The Kier molecular flexibility index (Phi) is 3.74. The maximum Gasteiger partial charge on any atom is 0.190 e. The summed E-state index contributed by atoms with van der Waals surface area (Å²) in [5, 5.41) is 11.7. The summed E-state index contributed by atoms with van der Waals surface area (Å²) in [7, 11) is 0. The van der Waals surface area contributed by atoms with E-state index in [1.54, 1.807) is 17.5 Å². The number of rotatable bonds is 3. The van der Waals surface area contributed by atoms with Crippen molar-refractivity contribution in [3.05, 3.63) is 29.4 Å². The number of aryl methyl sites for hydroxylation is 1. The van der Waals surface area contributed by atoms with E-state index in [2.05, 4.69) is 36.6 Å². The minimum Gasteiger partial charge on any atom is -0.341 e. The van der Waals surface area contributed by atoms with Gasteiger partial charge >= 0.3 is 0 Å². The fraction of sp³-hybridized carbons (Fsp3) is 0.500. The molecule has 0 saturated heterocycles. The van der Waals surface area contributed by atoms with E-state index in [1.807, 2.05) is 18.5 Å². The fourth-order valence-corrected chi connectivity index (χ4v) is 4.88. The van der Waals surface area contributed by atoms with Crippen molar-refractivity contribution < 1.29 is 0 Å². The number of hydrogen-bond donors (Lipinski definition) is 0. The average Bonchev–Trinajstić information content (AvgIpc) is 3.42. The van der Waals surface area contributed by atoms with Gasteiger partial charge in [-0.3, -0.25) is 4.57 Å². The molecule has 0 amide bonds. The molecular weight excluding hydrogens is 346 g/mol. The van der Waals surface area contributed by atoms with Crippen molar-refractivity contribution >= 4 is 17.2 Å². The van der Waals surface area contributed by atoms with Gasteiger partial charge in [0.25, 0.3) is 0 Å². The van der Waals surface area contributed by atoms with Crippen molar-refractivity contribution in [1.29, 1.82) is 0 Å². The molecule has 1 fully saturated rings. The van der Waals surface area contributed by atoms with Crippen LogP contribution in [0.15, 0.2) is 17.8 Å². The van der Waals surface area contributed by atoms with Crippen LogP contribution in [0.1, 0.15) is 56.7 Å². The molecule has 134 valence electrons. The SMILES string of the molecule is CCC1c2nnc(C)n2-c2cnc(-c3nccs3)nc2N1C1CCCC1. The highest BCUT2D eigenvalue weighted by Crippen LogP contribution is 2.43. The molecule has 1 aliphatic carbocycles. The highest BCUT2D eigenvalue weighted by molar-refractivity contribution is 7.13. The molecule has 26 heavy (non-hydrogen) atoms. The van der Waals surface area contributed by atoms with Gasteiger partial charge in [0.05, 0.1) is 12.2 Å². The van der Waals surface area contributed by atoms with Crippen LogP contribution in [-0.2, 0) is 0 Å². The van der Waals surface area contributed by atoms with Crippen LogP contribution in [0.2, 0.25) is 0 Å². The molecule has 1 unspecified atom stereocenters. The van der Waals surface area contributed by atoms with E-state index >= 15 is 0 Å². The number of thiazole rings is 1. The molecule has 5 rings (SSSR count). The average molecular weight is 367 g/mol. The molecule has 4 heterocycles. The maximum absolute atomic E-state index is 4.99. The lowest BCUT2D eigenvalue weighted by atomic mass is 10.0. The van der Waals surface area contributed by atoms with E-state index in [4.69, 9.17) is 4.98 Å². The molecule has 0 radical (unpaired) electrons. The maximum atomic E-state index is 4.99. The van der Waals surface area contributed by atoms with Gasteiger partial charge in [0, 0.05) is 17.6 Å². The van der Waals surface area contributed by atoms with Crippen LogP contribution < -0.4 is 4.90 Å². The van der Waals surface area contributed by atoms with Gasteiger partial charge in [-0.25, -0.2) is 15.0 Å². The summed E-state index contributed by atoms with van der Waals surface area (Å²) in [6.45, 7) is 4.21. The molecule has 0 bridgehead atoms. The summed E-state index contributed by atoms with van der Waals surface area (Å²) in [5.41, 5.74) is 0.986. The predicted octanol–water partition coefficient (Wildman–Crippen LogP) is 3.70. The van der Waals surface area contributed by atoms with Crippen molar-refractivity contribution in [3.63, 3.8) is 0 Å². The lowest BCUT2D eigenvalue weighted by Crippen LogP contribution is -2.42. The number of nitrogens with zero attached hydrogens (tertiary/aromatic N) is 7. The molecule has 7 nitrogen and oxygen atoms in total. The third-order valence-corrected chi connectivity index (χ3v) is 6.22. The van der Waals surface area contributed by atoms with E-state index in [-0.39, 0.29) is 6.04 Å². The van der Waals surface area contributed by atoms with Gasteiger partial charge in [-0.1, -0.05) is 19.8 Å². The molecule has 3 aromatic rings. The van der Waals surface area contributed by atoms with Crippen molar-refractivity contribution in [2.24, 2.45) is 0 Å². The molecule has 1 aliphatic heterocycles. The lowest BCUT2D eigenvalue weighted by molar-refractivity contribution is 0.468. The topological polar surface area (TPSA) is 72.6 Å². The van der Waals surface area contributed by atoms with Crippen molar-refractivity contribution in [2.75, 3.05) is 4.90 Å². The monoisotopic (exact) mass is 367 g/mol. The minimum atomic E-state index is 0.200. The summed E-state index contributed by atoms with van der Waals surface area (Å²) in [6, 6.07) is 0.703. The minimum absolute atomic E-state index is 0.200.